The molecule has 2 heterocycles. The van der Waals surface area contributed by atoms with Gasteiger partial charge in [-0.3, -0.25) is 34.2 Å². The average molecular weight is 538 g/mol. The Balaban J connectivity index is 1.14. The van der Waals surface area contributed by atoms with Gasteiger partial charge < -0.3 is 19.5 Å². The lowest BCUT2D eigenvalue weighted by molar-refractivity contribution is -0.140. The largest absolute Gasteiger partial charge is 0.457 e. The number of anilines is 1. The van der Waals surface area contributed by atoms with Crippen LogP contribution in [0.3, 0.4) is 0 Å². The number of nitrogens with zero attached hydrogens (tertiary/aromatic N) is 1. The van der Waals surface area contributed by atoms with Crippen molar-refractivity contribution < 1.29 is 43.0 Å². The first-order valence-corrected chi connectivity index (χ1v) is 12.4. The fraction of sp³-hybridized carbons (Fsp3) is 0.333. The number of imide groups is 2. The standard InChI is InChI=1S/C27H27N3O9/c31-21-10-9-20(24(33)29-21)30-25(34)18-7-4-8-19(22(18)26(30)35)28-11-12-37-13-14-38-15-16-39-27(36)23(32)17-5-2-1-3-6-17/h1-8,20,28H,9-16H2,(H,29,31,33). The summed E-state index contributed by atoms with van der Waals surface area (Å²) in [5, 5.41) is 5.25. The lowest BCUT2D eigenvalue weighted by Gasteiger charge is -2.27. The van der Waals surface area contributed by atoms with Crippen LogP contribution in [0.25, 0.3) is 0 Å². The number of Topliss-reactive ketones (excluding diaryl/α,β-unsaturated/α-hetero) is 1. The van der Waals surface area contributed by atoms with Crippen molar-refractivity contribution >= 4 is 41.1 Å². The number of hydrogen-bond acceptors (Lipinski definition) is 10. The van der Waals surface area contributed by atoms with Crippen LogP contribution >= 0.6 is 0 Å². The normalized spacial score (nSPS) is 16.6. The number of carbonyl (C=O) groups excluding carboxylic acids is 6. The number of esters is 1. The number of amides is 4. The van der Waals surface area contributed by atoms with Crippen molar-refractivity contribution in [2.75, 3.05) is 44.9 Å². The van der Waals surface area contributed by atoms with Crippen molar-refractivity contribution in [3.05, 3.63) is 65.2 Å². The SMILES string of the molecule is O=C1CCC(N2C(=O)c3cccc(NCCOCCOCCOC(=O)C(=O)c4ccccc4)c3C2=O)C(=O)N1. The van der Waals surface area contributed by atoms with E-state index < -0.39 is 41.4 Å². The number of hydrogen-bond donors (Lipinski definition) is 2. The first-order valence-electron chi connectivity index (χ1n) is 12.4. The van der Waals surface area contributed by atoms with Gasteiger partial charge in [-0.05, 0) is 18.6 Å². The molecule has 0 saturated carbocycles. The molecule has 1 atom stereocenters. The Morgan fingerprint density at radius 3 is 2.33 bits per heavy atom. The summed E-state index contributed by atoms with van der Waals surface area (Å²) in [6.07, 6.45) is 0.137. The van der Waals surface area contributed by atoms with Gasteiger partial charge in [0.25, 0.3) is 17.6 Å². The number of carbonyl (C=O) groups is 6. The molecule has 0 spiro atoms. The maximum absolute atomic E-state index is 13.1. The minimum absolute atomic E-state index is 0.0506. The molecule has 39 heavy (non-hydrogen) atoms. The van der Waals surface area contributed by atoms with Crippen molar-refractivity contribution in [1.29, 1.82) is 0 Å². The fourth-order valence-corrected chi connectivity index (χ4v) is 4.21. The van der Waals surface area contributed by atoms with E-state index in [9.17, 15) is 28.8 Å². The van der Waals surface area contributed by atoms with Gasteiger partial charge >= 0.3 is 5.97 Å². The molecule has 2 aliphatic rings. The first kappa shape index (κ1) is 27.6. The third kappa shape index (κ3) is 6.54. The number of benzene rings is 2. The molecule has 2 aromatic carbocycles. The molecule has 12 nitrogen and oxygen atoms in total. The summed E-state index contributed by atoms with van der Waals surface area (Å²) in [7, 11) is 0. The second kappa shape index (κ2) is 12.9. The highest BCUT2D eigenvalue weighted by molar-refractivity contribution is 6.40. The Labute approximate surface area is 223 Å². The van der Waals surface area contributed by atoms with Gasteiger partial charge in [0.1, 0.15) is 12.6 Å². The molecule has 4 amide bonds. The minimum Gasteiger partial charge on any atom is -0.457 e. The molecule has 2 aliphatic heterocycles. The summed E-state index contributed by atoms with van der Waals surface area (Å²) in [5.41, 5.74) is 1.06. The number of ether oxygens (including phenoxy) is 3. The maximum Gasteiger partial charge on any atom is 0.379 e. The van der Waals surface area contributed by atoms with Gasteiger partial charge in [0.05, 0.1) is 37.6 Å². The smallest absolute Gasteiger partial charge is 0.379 e. The Morgan fingerprint density at radius 2 is 1.59 bits per heavy atom. The third-order valence-corrected chi connectivity index (χ3v) is 6.08. The van der Waals surface area contributed by atoms with Crippen molar-refractivity contribution in [2.24, 2.45) is 0 Å². The number of piperidine rings is 1. The summed E-state index contributed by atoms with van der Waals surface area (Å²) >= 11 is 0. The number of rotatable bonds is 13. The van der Waals surface area contributed by atoms with Gasteiger partial charge in [-0.25, -0.2) is 4.79 Å². The van der Waals surface area contributed by atoms with Gasteiger partial charge in [-0.15, -0.1) is 0 Å². The first-order chi connectivity index (χ1) is 18.9. The zero-order chi connectivity index (χ0) is 27.8. The second-order valence-electron chi connectivity index (χ2n) is 8.66. The Hall–Kier alpha value is -4.42. The summed E-state index contributed by atoms with van der Waals surface area (Å²) in [6, 6.07) is 11.9. The van der Waals surface area contributed by atoms with E-state index in [1.165, 1.54) is 18.2 Å². The van der Waals surface area contributed by atoms with Crippen LogP contribution in [-0.4, -0.2) is 85.9 Å². The molecule has 0 bridgehead atoms. The van der Waals surface area contributed by atoms with Crippen molar-refractivity contribution in [3.8, 4) is 0 Å². The maximum atomic E-state index is 13.1. The van der Waals surface area contributed by atoms with Crippen LogP contribution in [0.2, 0.25) is 0 Å². The van der Waals surface area contributed by atoms with E-state index in [1.54, 1.807) is 30.3 Å². The van der Waals surface area contributed by atoms with Crippen molar-refractivity contribution in [1.82, 2.24) is 10.2 Å². The summed E-state index contributed by atoms with van der Waals surface area (Å²) in [4.78, 5) is 74.2. The monoisotopic (exact) mass is 537 g/mol. The lowest BCUT2D eigenvalue weighted by atomic mass is 10.0. The Kier molecular flexibility index (Phi) is 9.13. The Morgan fingerprint density at radius 1 is 0.872 bits per heavy atom. The third-order valence-electron chi connectivity index (χ3n) is 6.08. The zero-order valence-corrected chi connectivity index (χ0v) is 21.0. The molecule has 2 N–H and O–H groups in total. The summed E-state index contributed by atoms with van der Waals surface area (Å²) in [5.74, 6) is -3.92. The molecule has 12 heteroatoms. The highest BCUT2D eigenvalue weighted by atomic mass is 16.6. The topological polar surface area (TPSA) is 157 Å². The predicted octanol–water partition coefficient (Wildman–Crippen LogP) is 0.959. The van der Waals surface area contributed by atoms with Gasteiger partial charge in [-0.2, -0.15) is 0 Å². The summed E-state index contributed by atoms with van der Waals surface area (Å²) < 4.78 is 15.7. The van der Waals surface area contributed by atoms with E-state index >= 15 is 0 Å². The molecule has 204 valence electrons. The summed E-state index contributed by atoms with van der Waals surface area (Å²) in [6.45, 7) is 1.12. The lowest BCUT2D eigenvalue weighted by Crippen LogP contribution is -2.54. The molecule has 1 unspecified atom stereocenters. The van der Waals surface area contributed by atoms with Crippen LogP contribution in [-0.2, 0) is 28.6 Å². The van der Waals surface area contributed by atoms with Crippen molar-refractivity contribution in [2.45, 2.75) is 18.9 Å². The molecular weight excluding hydrogens is 510 g/mol. The second-order valence-corrected chi connectivity index (χ2v) is 8.66. The quantitative estimate of drug-likeness (QED) is 0.124. The molecule has 1 fully saturated rings. The number of fused-ring (bicyclic) bond motifs is 1. The van der Waals surface area contributed by atoms with E-state index in [4.69, 9.17) is 14.2 Å². The zero-order valence-electron chi connectivity index (χ0n) is 21.0. The molecule has 0 aromatic heterocycles. The van der Waals surface area contributed by atoms with Gasteiger partial charge in [0, 0.05) is 24.2 Å². The molecule has 0 radical (unpaired) electrons. The van der Waals surface area contributed by atoms with E-state index in [-0.39, 0.29) is 62.6 Å². The van der Waals surface area contributed by atoms with E-state index in [2.05, 4.69) is 10.6 Å². The van der Waals surface area contributed by atoms with Crippen LogP contribution in [0, 0.1) is 0 Å². The average Bonchev–Trinajstić information content (AvgIpc) is 3.19. The predicted molar refractivity (Wildman–Crippen MR) is 135 cm³/mol. The van der Waals surface area contributed by atoms with Gasteiger partial charge in [-0.1, -0.05) is 36.4 Å². The van der Waals surface area contributed by atoms with Crippen LogP contribution in [0.1, 0.15) is 43.9 Å². The fourth-order valence-electron chi connectivity index (χ4n) is 4.21. The molecular formula is C27H27N3O9. The molecule has 4 rings (SSSR count). The number of ketones is 1. The van der Waals surface area contributed by atoms with Gasteiger partial charge in [0.15, 0.2) is 0 Å². The molecule has 1 saturated heterocycles. The van der Waals surface area contributed by atoms with Crippen LogP contribution in [0.5, 0.6) is 0 Å². The van der Waals surface area contributed by atoms with Crippen molar-refractivity contribution in [3.63, 3.8) is 0 Å². The van der Waals surface area contributed by atoms with E-state index in [0.717, 1.165) is 4.90 Å². The number of nitrogens with one attached hydrogen (secondary N) is 2. The molecule has 2 aromatic rings. The van der Waals surface area contributed by atoms with E-state index in [0.29, 0.717) is 12.2 Å². The van der Waals surface area contributed by atoms with Crippen LogP contribution in [0.15, 0.2) is 48.5 Å². The minimum atomic E-state index is -1.03. The Bertz CT molecular complexity index is 1280. The van der Waals surface area contributed by atoms with E-state index in [1.807, 2.05) is 0 Å². The highest BCUT2D eigenvalue weighted by Crippen LogP contribution is 2.32. The van der Waals surface area contributed by atoms with Gasteiger partial charge in [0.2, 0.25) is 11.8 Å². The van der Waals surface area contributed by atoms with Crippen LogP contribution in [0.4, 0.5) is 5.69 Å². The molecule has 0 aliphatic carbocycles. The van der Waals surface area contributed by atoms with Crippen LogP contribution < -0.4 is 10.6 Å². The highest BCUT2D eigenvalue weighted by Gasteiger charge is 2.45.